The Morgan fingerprint density at radius 3 is 2.36 bits per heavy atom. The third-order valence-electron chi connectivity index (χ3n) is 1.72. The molecule has 0 saturated heterocycles. The van der Waals surface area contributed by atoms with Crippen molar-refractivity contribution in [1.82, 2.24) is 4.90 Å². The number of nitrogens with two attached hydrogens (primary N) is 2. The van der Waals surface area contributed by atoms with Crippen LogP contribution in [0, 0.1) is 0 Å². The topological polar surface area (TPSA) is 106 Å². The van der Waals surface area contributed by atoms with Gasteiger partial charge in [0.15, 0.2) is 0 Å². The van der Waals surface area contributed by atoms with E-state index in [2.05, 4.69) is 0 Å². The highest BCUT2D eigenvalue weighted by Crippen LogP contribution is 1.89. The van der Waals surface area contributed by atoms with Crippen molar-refractivity contribution in [2.24, 2.45) is 11.5 Å². The Hall–Kier alpha value is -0.660. The number of hydrogen-bond acceptors (Lipinski definition) is 5. The Bertz CT molecular complexity index is 289. The van der Waals surface area contributed by atoms with Crippen LogP contribution < -0.4 is 11.5 Å². The fraction of sp³-hybridized carbons (Fsp3) is 0.857. The Kier molecular flexibility index (Phi) is 5.03. The molecular formula is C7H17N3O3S. The third-order valence-corrected chi connectivity index (χ3v) is 2.64. The minimum absolute atomic E-state index is 0.0506. The zero-order chi connectivity index (χ0) is 11.4. The van der Waals surface area contributed by atoms with Gasteiger partial charge in [0.2, 0.25) is 5.91 Å². The molecule has 0 aromatic rings. The predicted octanol–water partition coefficient (Wildman–Crippen LogP) is -2.22. The number of sulfone groups is 1. The highest BCUT2D eigenvalue weighted by Gasteiger charge is 2.13. The van der Waals surface area contributed by atoms with E-state index in [-0.39, 0.29) is 12.3 Å². The molecular weight excluding hydrogens is 206 g/mol. The molecule has 0 bridgehead atoms. The van der Waals surface area contributed by atoms with E-state index in [0.29, 0.717) is 6.54 Å². The first kappa shape index (κ1) is 13.3. The molecule has 0 aliphatic heterocycles. The Morgan fingerprint density at radius 1 is 1.50 bits per heavy atom. The molecule has 0 heterocycles. The highest BCUT2D eigenvalue weighted by molar-refractivity contribution is 7.90. The van der Waals surface area contributed by atoms with Crippen LogP contribution >= 0.6 is 0 Å². The summed E-state index contributed by atoms with van der Waals surface area (Å²) in [4.78, 5) is 12.3. The van der Waals surface area contributed by atoms with Gasteiger partial charge in [0.1, 0.15) is 9.84 Å². The van der Waals surface area contributed by atoms with Crippen LogP contribution in [0.15, 0.2) is 0 Å². The number of rotatable bonds is 6. The van der Waals surface area contributed by atoms with Crippen molar-refractivity contribution in [3.05, 3.63) is 0 Å². The van der Waals surface area contributed by atoms with Gasteiger partial charge in [0, 0.05) is 19.3 Å². The molecule has 0 rings (SSSR count). The molecule has 7 heteroatoms. The van der Waals surface area contributed by atoms with Crippen molar-refractivity contribution in [3.8, 4) is 0 Å². The predicted molar refractivity (Wildman–Crippen MR) is 54.4 cm³/mol. The first-order valence-corrected chi connectivity index (χ1v) is 6.19. The molecule has 4 N–H and O–H groups in total. The molecule has 14 heavy (non-hydrogen) atoms. The summed E-state index contributed by atoms with van der Waals surface area (Å²) in [5.41, 5.74) is 10.3. The van der Waals surface area contributed by atoms with Crippen LogP contribution in [-0.4, -0.2) is 57.4 Å². The molecule has 1 atom stereocenters. The first-order valence-electron chi connectivity index (χ1n) is 4.13. The van der Waals surface area contributed by atoms with E-state index in [1.165, 1.54) is 0 Å². The fourth-order valence-corrected chi connectivity index (χ4v) is 1.48. The summed E-state index contributed by atoms with van der Waals surface area (Å²) in [7, 11) is -1.29. The summed E-state index contributed by atoms with van der Waals surface area (Å²) in [5.74, 6) is -0.536. The van der Waals surface area contributed by atoms with Gasteiger partial charge in [-0.15, -0.1) is 0 Å². The van der Waals surface area contributed by atoms with Crippen molar-refractivity contribution >= 4 is 15.7 Å². The van der Waals surface area contributed by atoms with E-state index >= 15 is 0 Å². The van der Waals surface area contributed by atoms with Crippen LogP contribution in [0.4, 0.5) is 0 Å². The third kappa shape index (κ3) is 6.81. The monoisotopic (exact) mass is 223 g/mol. The van der Waals surface area contributed by atoms with Gasteiger partial charge in [0.25, 0.3) is 0 Å². The summed E-state index contributed by atoms with van der Waals surface area (Å²) >= 11 is 0. The van der Waals surface area contributed by atoms with Crippen molar-refractivity contribution in [2.75, 3.05) is 32.1 Å². The molecule has 0 aromatic heterocycles. The van der Waals surface area contributed by atoms with E-state index in [0.717, 1.165) is 6.26 Å². The number of carbonyl (C=O) groups is 1. The Balaban J connectivity index is 3.88. The van der Waals surface area contributed by atoms with Gasteiger partial charge in [-0.25, -0.2) is 8.42 Å². The van der Waals surface area contributed by atoms with Gasteiger partial charge < -0.3 is 16.4 Å². The normalized spacial score (nSPS) is 14.3. The van der Waals surface area contributed by atoms with Gasteiger partial charge >= 0.3 is 0 Å². The van der Waals surface area contributed by atoms with Gasteiger partial charge in [-0.3, -0.25) is 4.79 Å². The van der Waals surface area contributed by atoms with Crippen molar-refractivity contribution < 1.29 is 13.2 Å². The zero-order valence-electron chi connectivity index (χ0n) is 8.43. The number of primary amides is 1. The number of nitrogens with zero attached hydrogens (tertiary/aromatic N) is 1. The number of carbonyl (C=O) groups excluding carboxylic acids is 1. The van der Waals surface area contributed by atoms with Crippen LogP contribution in [-0.2, 0) is 14.6 Å². The van der Waals surface area contributed by atoms with E-state index in [1.54, 1.807) is 11.9 Å². The van der Waals surface area contributed by atoms with Crippen molar-refractivity contribution in [3.63, 3.8) is 0 Å². The quantitative estimate of drug-likeness (QED) is 0.530. The van der Waals surface area contributed by atoms with E-state index < -0.39 is 21.8 Å². The van der Waals surface area contributed by atoms with Gasteiger partial charge in [-0.1, -0.05) is 0 Å². The summed E-state index contributed by atoms with van der Waals surface area (Å²) < 4.78 is 21.6. The maximum atomic E-state index is 10.8. The van der Waals surface area contributed by atoms with Crippen LogP contribution in [0.2, 0.25) is 0 Å². The lowest BCUT2D eigenvalue weighted by Crippen LogP contribution is -2.45. The molecule has 0 aliphatic rings. The Labute approximate surface area is 84.2 Å². The maximum absolute atomic E-state index is 10.8. The first-order chi connectivity index (χ1) is 6.22. The minimum atomic E-state index is -2.97. The van der Waals surface area contributed by atoms with Crippen LogP contribution in [0.3, 0.4) is 0 Å². The van der Waals surface area contributed by atoms with Crippen LogP contribution in [0.1, 0.15) is 0 Å². The second-order valence-electron chi connectivity index (χ2n) is 3.40. The van der Waals surface area contributed by atoms with Gasteiger partial charge in [-0.2, -0.15) is 0 Å². The second-order valence-corrected chi connectivity index (χ2v) is 5.66. The molecule has 0 saturated carbocycles. The molecule has 84 valence electrons. The largest absolute Gasteiger partial charge is 0.368 e. The Morgan fingerprint density at radius 2 is 2.00 bits per heavy atom. The number of amides is 1. The number of hydrogen-bond donors (Lipinski definition) is 2. The smallest absolute Gasteiger partial charge is 0.235 e. The minimum Gasteiger partial charge on any atom is -0.368 e. The highest BCUT2D eigenvalue weighted by atomic mass is 32.2. The van der Waals surface area contributed by atoms with Gasteiger partial charge in [0.05, 0.1) is 11.8 Å². The molecule has 1 unspecified atom stereocenters. The molecule has 1 amide bonds. The van der Waals surface area contributed by atoms with Crippen LogP contribution in [0.25, 0.3) is 0 Å². The molecule has 0 aliphatic carbocycles. The molecule has 0 spiro atoms. The SMILES string of the molecule is CN(CCS(C)(=O)=O)CC(N)C(N)=O. The van der Waals surface area contributed by atoms with Crippen molar-refractivity contribution in [2.45, 2.75) is 6.04 Å². The lowest BCUT2D eigenvalue weighted by molar-refractivity contribution is -0.119. The van der Waals surface area contributed by atoms with Crippen LogP contribution in [0.5, 0.6) is 0 Å². The zero-order valence-corrected chi connectivity index (χ0v) is 9.25. The van der Waals surface area contributed by atoms with Gasteiger partial charge in [-0.05, 0) is 7.05 Å². The van der Waals surface area contributed by atoms with E-state index in [1.807, 2.05) is 0 Å². The maximum Gasteiger partial charge on any atom is 0.235 e. The molecule has 6 nitrogen and oxygen atoms in total. The molecule has 0 aromatic carbocycles. The average molecular weight is 223 g/mol. The lowest BCUT2D eigenvalue weighted by atomic mass is 10.3. The van der Waals surface area contributed by atoms with Crippen molar-refractivity contribution in [1.29, 1.82) is 0 Å². The summed E-state index contributed by atoms with van der Waals surface area (Å²) in [5, 5.41) is 0. The van der Waals surface area contributed by atoms with E-state index in [4.69, 9.17) is 11.5 Å². The summed E-state index contributed by atoms with van der Waals surface area (Å²) in [6, 6.07) is -0.750. The average Bonchev–Trinajstić information content (AvgIpc) is 1.99. The summed E-state index contributed by atoms with van der Waals surface area (Å²) in [6.07, 6.45) is 1.16. The second kappa shape index (κ2) is 5.28. The fourth-order valence-electron chi connectivity index (χ4n) is 0.839. The van der Waals surface area contributed by atoms with E-state index in [9.17, 15) is 13.2 Å². The number of likely N-dealkylation sites (N-methyl/N-ethyl adjacent to an activating group) is 1. The standard InChI is InChI=1S/C7H17N3O3S/c1-10(3-4-14(2,12)13)5-6(8)7(9)11/h6H,3-5,8H2,1-2H3,(H2,9,11). The molecule has 0 radical (unpaired) electrons. The summed E-state index contributed by atoms with van der Waals surface area (Å²) in [6.45, 7) is 0.616. The lowest BCUT2D eigenvalue weighted by Gasteiger charge is -2.18. The molecule has 0 fully saturated rings.